The van der Waals surface area contributed by atoms with E-state index in [4.69, 9.17) is 0 Å². The molecule has 1 fully saturated rings. The number of fused-ring (bicyclic) bond motifs is 1. The second kappa shape index (κ2) is 6.56. The molecule has 148 valence electrons. The SMILES string of the molecule is Cc1n[nH]c2ncc([C@@H]3CC(O)(c4ccc(C(F)(F)F)cc4)C[C@H](C)N3)cc12. The van der Waals surface area contributed by atoms with Gasteiger partial charge in [0.25, 0.3) is 0 Å². The largest absolute Gasteiger partial charge is 0.416 e. The Balaban J connectivity index is 1.65. The van der Waals surface area contributed by atoms with Gasteiger partial charge in [-0.05, 0) is 56.0 Å². The summed E-state index contributed by atoms with van der Waals surface area (Å²) in [4.78, 5) is 4.40. The molecule has 0 radical (unpaired) electrons. The molecule has 3 heterocycles. The van der Waals surface area contributed by atoms with Crippen LogP contribution in [-0.2, 0) is 11.8 Å². The molecule has 1 saturated heterocycles. The van der Waals surface area contributed by atoms with E-state index >= 15 is 0 Å². The number of rotatable bonds is 2. The number of aliphatic hydroxyl groups is 1. The van der Waals surface area contributed by atoms with Crippen LogP contribution in [0.2, 0.25) is 0 Å². The first kappa shape index (κ1) is 18.9. The van der Waals surface area contributed by atoms with E-state index in [1.165, 1.54) is 12.1 Å². The highest BCUT2D eigenvalue weighted by Gasteiger charge is 2.40. The van der Waals surface area contributed by atoms with E-state index in [0.29, 0.717) is 24.1 Å². The number of halogens is 3. The van der Waals surface area contributed by atoms with E-state index in [1.54, 1.807) is 6.20 Å². The van der Waals surface area contributed by atoms with Crippen LogP contribution in [0.4, 0.5) is 13.2 Å². The van der Waals surface area contributed by atoms with Crippen molar-refractivity contribution in [3.63, 3.8) is 0 Å². The summed E-state index contributed by atoms with van der Waals surface area (Å²) < 4.78 is 38.5. The third-order valence-corrected chi connectivity index (χ3v) is 5.45. The van der Waals surface area contributed by atoms with Crippen molar-refractivity contribution in [2.45, 2.75) is 50.6 Å². The van der Waals surface area contributed by atoms with Crippen molar-refractivity contribution in [1.29, 1.82) is 0 Å². The molecule has 3 N–H and O–H groups in total. The van der Waals surface area contributed by atoms with Crippen LogP contribution < -0.4 is 5.32 Å². The van der Waals surface area contributed by atoms with Crippen molar-refractivity contribution in [2.24, 2.45) is 0 Å². The summed E-state index contributed by atoms with van der Waals surface area (Å²) >= 11 is 0. The molecule has 1 unspecified atom stereocenters. The number of pyridine rings is 1. The predicted molar refractivity (Wildman–Crippen MR) is 98.5 cm³/mol. The van der Waals surface area contributed by atoms with Crippen LogP contribution in [-0.4, -0.2) is 26.3 Å². The number of H-pyrrole nitrogens is 1. The number of piperidine rings is 1. The standard InChI is InChI=1S/C20H21F3N4O/c1-11-8-19(28,14-3-5-15(6-4-14)20(21,22)23)9-17(25-11)13-7-16-12(2)26-27-18(16)24-10-13/h3-7,10-11,17,25,28H,8-9H2,1-2H3,(H,24,26,27)/t11-,17-,19?/m0/s1. The Morgan fingerprint density at radius 2 is 1.89 bits per heavy atom. The molecule has 28 heavy (non-hydrogen) atoms. The molecular weight excluding hydrogens is 369 g/mol. The molecule has 0 saturated carbocycles. The summed E-state index contributed by atoms with van der Waals surface area (Å²) in [6.45, 7) is 3.84. The van der Waals surface area contributed by atoms with Crippen molar-refractivity contribution >= 4 is 11.0 Å². The van der Waals surface area contributed by atoms with Gasteiger partial charge in [0, 0.05) is 23.7 Å². The molecule has 1 aliphatic heterocycles. The van der Waals surface area contributed by atoms with Gasteiger partial charge in [-0.2, -0.15) is 18.3 Å². The fourth-order valence-electron chi connectivity index (χ4n) is 4.04. The van der Waals surface area contributed by atoms with Crippen LogP contribution in [0.3, 0.4) is 0 Å². The summed E-state index contributed by atoms with van der Waals surface area (Å²) in [6, 6.07) is 6.59. The first-order valence-electron chi connectivity index (χ1n) is 9.12. The molecular formula is C20H21F3N4O. The number of hydrogen-bond donors (Lipinski definition) is 3. The molecule has 2 aromatic heterocycles. The zero-order valence-corrected chi connectivity index (χ0v) is 15.5. The Bertz CT molecular complexity index is 999. The zero-order chi connectivity index (χ0) is 20.1. The minimum Gasteiger partial charge on any atom is -0.385 e. The first-order valence-corrected chi connectivity index (χ1v) is 9.12. The summed E-state index contributed by atoms with van der Waals surface area (Å²) in [5.74, 6) is 0. The lowest BCUT2D eigenvalue weighted by atomic mass is 9.77. The van der Waals surface area contributed by atoms with E-state index in [9.17, 15) is 18.3 Å². The minimum atomic E-state index is -4.39. The lowest BCUT2D eigenvalue weighted by molar-refractivity contribution is -0.137. The Morgan fingerprint density at radius 3 is 2.57 bits per heavy atom. The fraction of sp³-hybridized carbons (Fsp3) is 0.400. The van der Waals surface area contributed by atoms with E-state index in [1.807, 2.05) is 19.9 Å². The van der Waals surface area contributed by atoms with Gasteiger partial charge in [0.1, 0.15) is 0 Å². The Labute approximate surface area is 160 Å². The smallest absolute Gasteiger partial charge is 0.385 e. The summed E-state index contributed by atoms with van der Waals surface area (Å²) in [7, 11) is 0. The first-order chi connectivity index (χ1) is 13.2. The van der Waals surface area contributed by atoms with Crippen molar-refractivity contribution in [1.82, 2.24) is 20.5 Å². The minimum absolute atomic E-state index is 0.0211. The van der Waals surface area contributed by atoms with E-state index in [0.717, 1.165) is 28.8 Å². The number of benzene rings is 1. The lowest BCUT2D eigenvalue weighted by Crippen LogP contribution is -2.46. The van der Waals surface area contributed by atoms with Crippen molar-refractivity contribution in [3.8, 4) is 0 Å². The van der Waals surface area contributed by atoms with Gasteiger partial charge in [-0.1, -0.05) is 12.1 Å². The second-order valence-electron chi connectivity index (χ2n) is 7.61. The average molecular weight is 390 g/mol. The van der Waals surface area contributed by atoms with Gasteiger partial charge in [-0.15, -0.1) is 0 Å². The molecule has 0 bridgehead atoms. The van der Waals surface area contributed by atoms with Crippen LogP contribution in [0.25, 0.3) is 11.0 Å². The second-order valence-corrected chi connectivity index (χ2v) is 7.61. The van der Waals surface area contributed by atoms with E-state index < -0.39 is 17.3 Å². The fourth-order valence-corrected chi connectivity index (χ4v) is 4.04. The molecule has 0 amide bonds. The Kier molecular flexibility index (Phi) is 4.43. The molecule has 5 nitrogen and oxygen atoms in total. The maximum Gasteiger partial charge on any atom is 0.416 e. The quantitative estimate of drug-likeness (QED) is 0.619. The van der Waals surface area contributed by atoms with Gasteiger partial charge in [0.2, 0.25) is 0 Å². The third-order valence-electron chi connectivity index (χ3n) is 5.45. The summed E-state index contributed by atoms with van der Waals surface area (Å²) in [6.07, 6.45) is -1.90. The highest BCUT2D eigenvalue weighted by Crippen LogP contribution is 2.41. The molecule has 0 spiro atoms. The Morgan fingerprint density at radius 1 is 1.18 bits per heavy atom. The van der Waals surface area contributed by atoms with Crippen LogP contribution in [0.1, 0.15) is 48.2 Å². The third kappa shape index (κ3) is 3.38. The maximum absolute atomic E-state index is 12.8. The van der Waals surface area contributed by atoms with Gasteiger partial charge in [-0.25, -0.2) is 4.98 Å². The highest BCUT2D eigenvalue weighted by atomic mass is 19.4. The highest BCUT2D eigenvalue weighted by molar-refractivity contribution is 5.77. The number of aromatic nitrogens is 3. The number of aromatic amines is 1. The summed E-state index contributed by atoms with van der Waals surface area (Å²) in [5.41, 5.74) is 0.999. The topological polar surface area (TPSA) is 73.8 Å². The van der Waals surface area contributed by atoms with Crippen LogP contribution in [0, 0.1) is 6.92 Å². The zero-order valence-electron chi connectivity index (χ0n) is 15.5. The average Bonchev–Trinajstić information content (AvgIpc) is 3.01. The van der Waals surface area contributed by atoms with Gasteiger partial charge >= 0.3 is 6.18 Å². The molecule has 1 aromatic carbocycles. The molecule has 8 heteroatoms. The van der Waals surface area contributed by atoms with Gasteiger partial charge in [0.05, 0.1) is 16.9 Å². The number of hydrogen-bond acceptors (Lipinski definition) is 4. The molecule has 1 aliphatic rings. The number of aryl methyl sites for hydroxylation is 1. The van der Waals surface area contributed by atoms with Gasteiger partial charge in [-0.3, -0.25) is 5.10 Å². The van der Waals surface area contributed by atoms with Crippen molar-refractivity contribution in [3.05, 3.63) is 58.9 Å². The predicted octanol–water partition coefficient (Wildman–Crippen LogP) is 3.99. The number of nitrogens with zero attached hydrogens (tertiary/aromatic N) is 2. The van der Waals surface area contributed by atoms with E-state index in [-0.39, 0.29) is 12.1 Å². The van der Waals surface area contributed by atoms with E-state index in [2.05, 4.69) is 20.5 Å². The number of alkyl halides is 3. The normalized spacial score (nSPS) is 25.9. The lowest BCUT2D eigenvalue weighted by Gasteiger charge is -2.41. The van der Waals surface area contributed by atoms with Crippen molar-refractivity contribution < 1.29 is 18.3 Å². The molecule has 0 aliphatic carbocycles. The van der Waals surface area contributed by atoms with Gasteiger partial charge < -0.3 is 10.4 Å². The van der Waals surface area contributed by atoms with Crippen LogP contribution >= 0.6 is 0 Å². The Hall–Kier alpha value is -2.45. The van der Waals surface area contributed by atoms with Crippen LogP contribution in [0.15, 0.2) is 36.5 Å². The molecule has 3 aromatic rings. The maximum atomic E-state index is 12.8. The van der Waals surface area contributed by atoms with Crippen molar-refractivity contribution in [2.75, 3.05) is 0 Å². The summed E-state index contributed by atoms with van der Waals surface area (Å²) in [5, 5.41) is 22.7. The molecule has 3 atom stereocenters. The number of nitrogens with one attached hydrogen (secondary N) is 2. The van der Waals surface area contributed by atoms with Gasteiger partial charge in [0.15, 0.2) is 5.65 Å². The monoisotopic (exact) mass is 390 g/mol. The molecule has 4 rings (SSSR count). The van der Waals surface area contributed by atoms with Crippen LogP contribution in [0.5, 0.6) is 0 Å².